The normalized spacial score (nSPS) is 12.6. The molecule has 0 unspecified atom stereocenters. The van der Waals surface area contributed by atoms with Gasteiger partial charge in [-0.25, -0.2) is 0 Å². The Bertz CT molecular complexity index is 484. The molecule has 0 saturated heterocycles. The monoisotopic (exact) mass is 313 g/mol. The Morgan fingerprint density at radius 3 is 2.94 bits per heavy atom. The van der Waals surface area contributed by atoms with Crippen molar-refractivity contribution in [3.63, 3.8) is 0 Å². The van der Waals surface area contributed by atoms with Crippen LogP contribution in [0.5, 0.6) is 0 Å². The van der Waals surface area contributed by atoms with E-state index in [1.165, 1.54) is 0 Å². The van der Waals surface area contributed by atoms with Gasteiger partial charge in [-0.15, -0.1) is 0 Å². The van der Waals surface area contributed by atoms with Crippen LogP contribution in [0, 0.1) is 0 Å². The molecule has 0 fully saturated rings. The lowest BCUT2D eigenvalue weighted by Gasteiger charge is -2.12. The molecule has 0 aliphatic rings. The standard InChI is InChI=1S/C13H13BrClNO/c1-9(13-3-2-6-17-13)16-8-10-7-11(15)4-5-12(10)14/h2-7,9,16H,8H2,1H3/t9-/m1/s1. The van der Waals surface area contributed by atoms with Gasteiger partial charge in [0, 0.05) is 16.0 Å². The number of rotatable bonds is 4. The lowest BCUT2D eigenvalue weighted by Crippen LogP contribution is -2.17. The number of hydrogen-bond acceptors (Lipinski definition) is 2. The number of nitrogens with one attached hydrogen (secondary N) is 1. The summed E-state index contributed by atoms with van der Waals surface area (Å²) < 4.78 is 6.39. The van der Waals surface area contributed by atoms with Gasteiger partial charge < -0.3 is 9.73 Å². The van der Waals surface area contributed by atoms with E-state index in [0.29, 0.717) is 0 Å². The fourth-order valence-corrected chi connectivity index (χ4v) is 2.16. The smallest absolute Gasteiger partial charge is 0.120 e. The van der Waals surface area contributed by atoms with Gasteiger partial charge in [0.15, 0.2) is 0 Å². The van der Waals surface area contributed by atoms with Gasteiger partial charge >= 0.3 is 0 Å². The van der Waals surface area contributed by atoms with Crippen LogP contribution in [0.2, 0.25) is 5.02 Å². The second kappa shape index (κ2) is 5.71. The summed E-state index contributed by atoms with van der Waals surface area (Å²) in [6.45, 7) is 2.81. The maximum atomic E-state index is 5.96. The highest BCUT2D eigenvalue weighted by atomic mass is 79.9. The van der Waals surface area contributed by atoms with Crippen LogP contribution in [0.1, 0.15) is 24.3 Å². The first-order valence-electron chi connectivity index (χ1n) is 5.37. The average molecular weight is 315 g/mol. The predicted octanol–water partition coefficient (Wildman–Crippen LogP) is 4.55. The van der Waals surface area contributed by atoms with Gasteiger partial charge in [-0.05, 0) is 42.8 Å². The van der Waals surface area contributed by atoms with Crippen LogP contribution in [0.3, 0.4) is 0 Å². The zero-order valence-corrected chi connectivity index (χ0v) is 11.8. The van der Waals surface area contributed by atoms with Crippen molar-refractivity contribution in [2.24, 2.45) is 0 Å². The van der Waals surface area contributed by atoms with E-state index in [1.807, 2.05) is 30.3 Å². The van der Waals surface area contributed by atoms with Gasteiger partial charge in [-0.1, -0.05) is 27.5 Å². The summed E-state index contributed by atoms with van der Waals surface area (Å²) in [6.07, 6.45) is 1.68. The van der Waals surface area contributed by atoms with E-state index in [4.69, 9.17) is 16.0 Å². The molecular weight excluding hydrogens is 302 g/mol. The Hall–Kier alpha value is -0.770. The molecule has 0 bridgehead atoms. The molecule has 0 radical (unpaired) electrons. The Morgan fingerprint density at radius 1 is 1.41 bits per heavy atom. The summed E-state index contributed by atoms with van der Waals surface area (Å²) in [5.74, 6) is 0.933. The molecule has 0 aliphatic carbocycles. The van der Waals surface area contributed by atoms with Gasteiger partial charge in [-0.3, -0.25) is 0 Å². The quantitative estimate of drug-likeness (QED) is 0.896. The molecular formula is C13H13BrClNO. The molecule has 1 aromatic heterocycles. The molecule has 2 rings (SSSR count). The number of furan rings is 1. The van der Waals surface area contributed by atoms with E-state index in [-0.39, 0.29) is 6.04 Å². The van der Waals surface area contributed by atoms with Crippen molar-refractivity contribution < 1.29 is 4.42 Å². The second-order valence-corrected chi connectivity index (χ2v) is 5.14. The Kier molecular flexibility index (Phi) is 4.26. The first-order valence-corrected chi connectivity index (χ1v) is 6.54. The van der Waals surface area contributed by atoms with Crippen LogP contribution in [-0.2, 0) is 6.54 Å². The first-order chi connectivity index (χ1) is 8.16. The molecule has 0 amide bonds. The summed E-state index contributed by atoms with van der Waals surface area (Å²) in [5.41, 5.74) is 1.14. The zero-order valence-electron chi connectivity index (χ0n) is 9.41. The molecule has 0 aliphatic heterocycles. The van der Waals surface area contributed by atoms with Crippen molar-refractivity contribution in [3.05, 3.63) is 57.4 Å². The highest BCUT2D eigenvalue weighted by molar-refractivity contribution is 9.10. The summed E-state index contributed by atoms with van der Waals surface area (Å²) in [4.78, 5) is 0. The maximum Gasteiger partial charge on any atom is 0.120 e. The van der Waals surface area contributed by atoms with Gasteiger partial charge in [0.2, 0.25) is 0 Å². The van der Waals surface area contributed by atoms with Gasteiger partial charge in [0.05, 0.1) is 12.3 Å². The fraction of sp³-hybridized carbons (Fsp3) is 0.231. The van der Waals surface area contributed by atoms with Crippen LogP contribution in [0.4, 0.5) is 0 Å². The molecule has 0 saturated carbocycles. The van der Waals surface area contributed by atoms with Crippen molar-refractivity contribution in [2.45, 2.75) is 19.5 Å². The topological polar surface area (TPSA) is 25.2 Å². The molecule has 1 heterocycles. The third-order valence-corrected chi connectivity index (χ3v) is 3.59. The van der Waals surface area contributed by atoms with Crippen LogP contribution < -0.4 is 5.32 Å². The number of benzene rings is 1. The maximum absolute atomic E-state index is 5.96. The molecule has 90 valence electrons. The molecule has 4 heteroatoms. The summed E-state index contributed by atoms with van der Waals surface area (Å²) in [7, 11) is 0. The minimum absolute atomic E-state index is 0.177. The molecule has 1 N–H and O–H groups in total. The van der Waals surface area contributed by atoms with Crippen LogP contribution >= 0.6 is 27.5 Å². The minimum Gasteiger partial charge on any atom is -0.468 e. The number of halogens is 2. The van der Waals surface area contributed by atoms with Gasteiger partial charge in [-0.2, -0.15) is 0 Å². The van der Waals surface area contributed by atoms with Crippen molar-refractivity contribution in [2.75, 3.05) is 0 Å². The van der Waals surface area contributed by atoms with Crippen molar-refractivity contribution in [1.29, 1.82) is 0 Å². The molecule has 1 atom stereocenters. The molecule has 1 aromatic carbocycles. The average Bonchev–Trinajstić information content (AvgIpc) is 2.83. The fourth-order valence-electron chi connectivity index (χ4n) is 1.58. The van der Waals surface area contributed by atoms with E-state index < -0.39 is 0 Å². The third-order valence-electron chi connectivity index (χ3n) is 2.58. The highest BCUT2D eigenvalue weighted by Crippen LogP contribution is 2.22. The second-order valence-electron chi connectivity index (χ2n) is 3.85. The van der Waals surface area contributed by atoms with Crippen molar-refractivity contribution in [1.82, 2.24) is 5.32 Å². The van der Waals surface area contributed by atoms with E-state index in [0.717, 1.165) is 27.4 Å². The Balaban J connectivity index is 2.00. The van der Waals surface area contributed by atoms with E-state index >= 15 is 0 Å². The Labute approximate surface area is 114 Å². The molecule has 2 aromatic rings. The van der Waals surface area contributed by atoms with Crippen molar-refractivity contribution >= 4 is 27.5 Å². The van der Waals surface area contributed by atoms with E-state index in [1.54, 1.807) is 6.26 Å². The third kappa shape index (κ3) is 3.35. The van der Waals surface area contributed by atoms with Crippen LogP contribution in [0.15, 0.2) is 45.5 Å². The van der Waals surface area contributed by atoms with Gasteiger partial charge in [0.25, 0.3) is 0 Å². The lowest BCUT2D eigenvalue weighted by molar-refractivity contribution is 0.430. The lowest BCUT2D eigenvalue weighted by atomic mass is 10.2. The highest BCUT2D eigenvalue weighted by Gasteiger charge is 2.08. The first kappa shape index (κ1) is 12.7. The SMILES string of the molecule is C[C@@H](NCc1cc(Cl)ccc1Br)c1ccco1. The molecule has 0 spiro atoms. The molecule has 17 heavy (non-hydrogen) atoms. The summed E-state index contributed by atoms with van der Waals surface area (Å²) >= 11 is 9.47. The summed E-state index contributed by atoms with van der Waals surface area (Å²) in [5, 5.41) is 4.13. The minimum atomic E-state index is 0.177. The van der Waals surface area contributed by atoms with E-state index in [9.17, 15) is 0 Å². The van der Waals surface area contributed by atoms with Crippen LogP contribution in [0.25, 0.3) is 0 Å². The van der Waals surface area contributed by atoms with Gasteiger partial charge in [0.1, 0.15) is 5.76 Å². The zero-order chi connectivity index (χ0) is 12.3. The molecule has 2 nitrogen and oxygen atoms in total. The largest absolute Gasteiger partial charge is 0.468 e. The van der Waals surface area contributed by atoms with Crippen LogP contribution in [-0.4, -0.2) is 0 Å². The van der Waals surface area contributed by atoms with Crippen molar-refractivity contribution in [3.8, 4) is 0 Å². The summed E-state index contributed by atoms with van der Waals surface area (Å²) in [6, 6.07) is 9.80. The predicted molar refractivity (Wildman–Crippen MR) is 73.1 cm³/mol. The van der Waals surface area contributed by atoms with E-state index in [2.05, 4.69) is 28.2 Å². The Morgan fingerprint density at radius 2 is 2.24 bits per heavy atom. The number of hydrogen-bond donors (Lipinski definition) is 1.